The van der Waals surface area contributed by atoms with Crippen LogP contribution in [0.3, 0.4) is 0 Å². The van der Waals surface area contributed by atoms with Gasteiger partial charge in [-0.25, -0.2) is 0 Å². The molecule has 0 radical (unpaired) electrons. The maximum Gasteiger partial charge on any atom is 0.216 e. The molecule has 0 atom stereocenters. The summed E-state index contributed by atoms with van der Waals surface area (Å²) in [4.78, 5) is 13.6. The van der Waals surface area contributed by atoms with Gasteiger partial charge in [0, 0.05) is 25.4 Å². The van der Waals surface area contributed by atoms with E-state index in [-0.39, 0.29) is 11.3 Å². The normalized spacial score (nSPS) is 18.7. The Morgan fingerprint density at radius 2 is 1.95 bits per heavy atom. The lowest BCUT2D eigenvalue weighted by atomic mass is 9.78. The van der Waals surface area contributed by atoms with Crippen LogP contribution in [0.4, 0.5) is 0 Å². The molecule has 1 saturated heterocycles. The second-order valence-electron chi connectivity index (χ2n) is 5.88. The van der Waals surface area contributed by atoms with Gasteiger partial charge in [0.1, 0.15) is 0 Å². The van der Waals surface area contributed by atoms with Crippen LogP contribution in [0.15, 0.2) is 30.3 Å². The molecule has 0 saturated carbocycles. The van der Waals surface area contributed by atoms with Crippen molar-refractivity contribution in [2.24, 2.45) is 11.1 Å². The summed E-state index contributed by atoms with van der Waals surface area (Å²) in [5.41, 5.74) is 7.39. The Bertz CT molecular complexity index is 425. The van der Waals surface area contributed by atoms with E-state index in [1.807, 2.05) is 6.07 Å². The first-order valence-electron chi connectivity index (χ1n) is 7.34. The molecule has 1 aliphatic heterocycles. The summed E-state index contributed by atoms with van der Waals surface area (Å²) in [5, 5.41) is 2.93. The van der Waals surface area contributed by atoms with Gasteiger partial charge in [0.15, 0.2) is 0 Å². The number of benzene rings is 1. The maximum atomic E-state index is 11.1. The van der Waals surface area contributed by atoms with E-state index in [9.17, 15) is 4.79 Å². The first-order valence-corrected chi connectivity index (χ1v) is 7.34. The lowest BCUT2D eigenvalue weighted by Crippen LogP contribution is -2.49. The highest BCUT2D eigenvalue weighted by Crippen LogP contribution is 2.30. The molecule has 1 aromatic rings. The van der Waals surface area contributed by atoms with Gasteiger partial charge in [-0.05, 0) is 38.0 Å². The quantitative estimate of drug-likeness (QED) is 0.853. The number of rotatable bonds is 5. The van der Waals surface area contributed by atoms with Gasteiger partial charge < -0.3 is 11.1 Å². The minimum atomic E-state index is 0.0320. The topological polar surface area (TPSA) is 58.4 Å². The molecule has 4 nitrogen and oxygen atoms in total. The van der Waals surface area contributed by atoms with E-state index in [4.69, 9.17) is 5.73 Å². The Morgan fingerprint density at radius 1 is 1.30 bits per heavy atom. The second kappa shape index (κ2) is 6.86. The number of nitrogens with two attached hydrogens (primary N) is 1. The van der Waals surface area contributed by atoms with Crippen molar-refractivity contribution in [1.29, 1.82) is 0 Å². The van der Waals surface area contributed by atoms with Crippen LogP contribution in [0.1, 0.15) is 25.3 Å². The van der Waals surface area contributed by atoms with Crippen LogP contribution in [-0.4, -0.2) is 37.0 Å². The summed E-state index contributed by atoms with van der Waals surface area (Å²) in [5.74, 6) is 0.0320. The number of amides is 1. The highest BCUT2D eigenvalue weighted by atomic mass is 16.1. The Kier molecular flexibility index (Phi) is 5.15. The first kappa shape index (κ1) is 15.0. The second-order valence-corrected chi connectivity index (χ2v) is 5.88. The minimum absolute atomic E-state index is 0.0320. The van der Waals surface area contributed by atoms with E-state index in [2.05, 4.69) is 34.5 Å². The highest BCUT2D eigenvalue weighted by Gasteiger charge is 2.33. The van der Waals surface area contributed by atoms with Crippen molar-refractivity contribution in [3.63, 3.8) is 0 Å². The van der Waals surface area contributed by atoms with Crippen LogP contribution >= 0.6 is 0 Å². The van der Waals surface area contributed by atoms with E-state index < -0.39 is 0 Å². The number of piperidine rings is 1. The van der Waals surface area contributed by atoms with Crippen LogP contribution in [0.5, 0.6) is 0 Å². The van der Waals surface area contributed by atoms with Gasteiger partial charge in [-0.15, -0.1) is 0 Å². The third-order valence-electron chi connectivity index (χ3n) is 4.31. The average Bonchev–Trinajstić information content (AvgIpc) is 2.48. The molecular formula is C16H25N3O. The van der Waals surface area contributed by atoms with Gasteiger partial charge in [0.05, 0.1) is 0 Å². The van der Waals surface area contributed by atoms with E-state index in [0.29, 0.717) is 13.1 Å². The van der Waals surface area contributed by atoms with Crippen molar-refractivity contribution in [2.75, 3.05) is 26.2 Å². The lowest BCUT2D eigenvalue weighted by Gasteiger charge is -2.41. The summed E-state index contributed by atoms with van der Waals surface area (Å²) in [6.45, 7) is 6.01. The number of nitrogens with one attached hydrogen (secondary N) is 1. The third-order valence-corrected chi connectivity index (χ3v) is 4.31. The number of nitrogens with zero attached hydrogens (tertiary/aromatic N) is 1. The Morgan fingerprint density at radius 3 is 2.50 bits per heavy atom. The summed E-state index contributed by atoms with van der Waals surface area (Å²) in [6, 6.07) is 10.6. The number of carbonyl (C=O) groups excluding carboxylic acids is 1. The zero-order valence-electron chi connectivity index (χ0n) is 12.3. The van der Waals surface area contributed by atoms with Crippen LogP contribution in [-0.2, 0) is 11.3 Å². The van der Waals surface area contributed by atoms with Crippen molar-refractivity contribution in [3.8, 4) is 0 Å². The molecule has 2 rings (SSSR count). The Hall–Kier alpha value is -1.39. The fraction of sp³-hybridized carbons (Fsp3) is 0.562. The number of likely N-dealkylation sites (tertiary alicyclic amines) is 1. The summed E-state index contributed by atoms with van der Waals surface area (Å²) in [6.07, 6.45) is 2.10. The molecule has 0 aliphatic carbocycles. The van der Waals surface area contributed by atoms with Crippen LogP contribution in [0.25, 0.3) is 0 Å². The molecule has 1 heterocycles. The highest BCUT2D eigenvalue weighted by molar-refractivity contribution is 5.72. The fourth-order valence-electron chi connectivity index (χ4n) is 2.79. The fourth-order valence-corrected chi connectivity index (χ4v) is 2.79. The molecule has 20 heavy (non-hydrogen) atoms. The summed E-state index contributed by atoms with van der Waals surface area (Å²) in [7, 11) is 0. The van der Waals surface area contributed by atoms with E-state index in [0.717, 1.165) is 32.5 Å². The Balaban J connectivity index is 1.85. The standard InChI is InChI=1S/C16H25N3O/c1-14(20)18-13-16(12-17)7-9-19(10-8-16)11-15-5-3-2-4-6-15/h2-6H,7-13,17H2,1H3,(H,18,20). The van der Waals surface area contributed by atoms with Gasteiger partial charge in [-0.3, -0.25) is 9.69 Å². The van der Waals surface area contributed by atoms with Crippen molar-refractivity contribution < 1.29 is 4.79 Å². The van der Waals surface area contributed by atoms with Crippen molar-refractivity contribution >= 4 is 5.91 Å². The van der Waals surface area contributed by atoms with Gasteiger partial charge in [-0.1, -0.05) is 30.3 Å². The van der Waals surface area contributed by atoms with Crippen molar-refractivity contribution in [2.45, 2.75) is 26.3 Å². The molecule has 0 aromatic heterocycles. The first-order chi connectivity index (χ1) is 9.63. The predicted octanol–water partition coefficient (Wildman–Crippen LogP) is 1.36. The zero-order valence-corrected chi connectivity index (χ0v) is 12.3. The molecule has 3 N–H and O–H groups in total. The van der Waals surface area contributed by atoms with Crippen molar-refractivity contribution in [1.82, 2.24) is 10.2 Å². The van der Waals surface area contributed by atoms with E-state index in [1.165, 1.54) is 5.56 Å². The molecule has 0 unspecified atom stereocenters. The van der Waals surface area contributed by atoms with Gasteiger partial charge in [-0.2, -0.15) is 0 Å². The molecule has 4 heteroatoms. The lowest BCUT2D eigenvalue weighted by molar-refractivity contribution is -0.119. The monoisotopic (exact) mass is 275 g/mol. The van der Waals surface area contributed by atoms with E-state index in [1.54, 1.807) is 6.92 Å². The Labute approximate surface area is 121 Å². The van der Waals surface area contributed by atoms with Gasteiger partial charge in [0.25, 0.3) is 0 Å². The van der Waals surface area contributed by atoms with Crippen molar-refractivity contribution in [3.05, 3.63) is 35.9 Å². The summed E-state index contributed by atoms with van der Waals surface area (Å²) >= 11 is 0. The molecule has 1 aromatic carbocycles. The molecule has 0 bridgehead atoms. The molecule has 0 spiro atoms. The van der Waals surface area contributed by atoms with Gasteiger partial charge >= 0.3 is 0 Å². The molecule has 1 aliphatic rings. The molecule has 110 valence electrons. The predicted molar refractivity (Wildman–Crippen MR) is 81.1 cm³/mol. The van der Waals surface area contributed by atoms with Gasteiger partial charge in [0.2, 0.25) is 5.91 Å². The van der Waals surface area contributed by atoms with E-state index >= 15 is 0 Å². The molecule has 1 fully saturated rings. The largest absolute Gasteiger partial charge is 0.356 e. The minimum Gasteiger partial charge on any atom is -0.356 e. The number of hydrogen-bond donors (Lipinski definition) is 2. The smallest absolute Gasteiger partial charge is 0.216 e. The molecule has 1 amide bonds. The third kappa shape index (κ3) is 4.05. The summed E-state index contributed by atoms with van der Waals surface area (Å²) < 4.78 is 0. The zero-order chi connectivity index (χ0) is 14.4. The van der Waals surface area contributed by atoms with Crippen LogP contribution < -0.4 is 11.1 Å². The van der Waals surface area contributed by atoms with Crippen LogP contribution in [0.2, 0.25) is 0 Å². The van der Waals surface area contributed by atoms with Crippen LogP contribution in [0, 0.1) is 5.41 Å². The SMILES string of the molecule is CC(=O)NCC1(CN)CCN(Cc2ccccc2)CC1. The average molecular weight is 275 g/mol. The number of hydrogen-bond acceptors (Lipinski definition) is 3. The molecular weight excluding hydrogens is 250 g/mol. The maximum absolute atomic E-state index is 11.1. The number of carbonyl (C=O) groups is 1.